The SMILES string of the molecule is Cc1ccnc(Nc2nc(CC(=O)Nc3ccc(Br)c(C)c3)cs2)c1. The van der Waals surface area contributed by atoms with Gasteiger partial charge in [-0.05, 0) is 55.3 Å². The number of aryl methyl sites for hydroxylation is 2. The number of halogens is 1. The van der Waals surface area contributed by atoms with Crippen LogP contribution in [0.5, 0.6) is 0 Å². The molecule has 0 spiro atoms. The minimum Gasteiger partial charge on any atom is -0.326 e. The van der Waals surface area contributed by atoms with E-state index in [1.807, 2.05) is 49.6 Å². The Morgan fingerprint density at radius 3 is 2.84 bits per heavy atom. The van der Waals surface area contributed by atoms with Gasteiger partial charge in [0.15, 0.2) is 5.13 Å². The molecule has 5 nitrogen and oxygen atoms in total. The summed E-state index contributed by atoms with van der Waals surface area (Å²) in [4.78, 5) is 20.9. The van der Waals surface area contributed by atoms with Crippen LogP contribution in [-0.2, 0) is 11.2 Å². The minimum absolute atomic E-state index is 0.0905. The molecule has 3 rings (SSSR count). The second-order valence-corrected chi connectivity index (χ2v) is 7.39. The summed E-state index contributed by atoms with van der Waals surface area (Å²) in [7, 11) is 0. The van der Waals surface area contributed by atoms with Crippen molar-refractivity contribution < 1.29 is 4.79 Å². The van der Waals surface area contributed by atoms with Crippen molar-refractivity contribution in [2.45, 2.75) is 20.3 Å². The summed E-state index contributed by atoms with van der Waals surface area (Å²) in [5.41, 5.74) is 3.71. The first-order chi connectivity index (χ1) is 12.0. The number of carbonyl (C=O) groups excluding carboxylic acids is 1. The van der Waals surface area contributed by atoms with E-state index in [4.69, 9.17) is 0 Å². The first-order valence-electron chi connectivity index (χ1n) is 7.70. The predicted molar refractivity (Wildman–Crippen MR) is 106 cm³/mol. The van der Waals surface area contributed by atoms with Crippen LogP contribution in [0, 0.1) is 13.8 Å². The van der Waals surface area contributed by atoms with Crippen LogP contribution >= 0.6 is 27.3 Å². The van der Waals surface area contributed by atoms with E-state index in [2.05, 4.69) is 36.5 Å². The molecule has 7 heteroatoms. The van der Waals surface area contributed by atoms with Crippen molar-refractivity contribution in [1.82, 2.24) is 9.97 Å². The summed E-state index contributed by atoms with van der Waals surface area (Å²) in [6.07, 6.45) is 1.98. The van der Waals surface area contributed by atoms with Gasteiger partial charge < -0.3 is 10.6 Å². The number of hydrogen-bond acceptors (Lipinski definition) is 5. The van der Waals surface area contributed by atoms with Gasteiger partial charge in [0.1, 0.15) is 5.82 Å². The van der Waals surface area contributed by atoms with Crippen LogP contribution in [0.25, 0.3) is 0 Å². The number of anilines is 3. The zero-order chi connectivity index (χ0) is 17.8. The number of pyridine rings is 1. The number of amides is 1. The van der Waals surface area contributed by atoms with Crippen LogP contribution in [0.2, 0.25) is 0 Å². The maximum atomic E-state index is 12.2. The number of thiazole rings is 1. The zero-order valence-electron chi connectivity index (χ0n) is 13.8. The number of nitrogens with one attached hydrogen (secondary N) is 2. The van der Waals surface area contributed by atoms with Gasteiger partial charge in [0, 0.05) is 21.7 Å². The van der Waals surface area contributed by atoms with Crippen LogP contribution in [0.3, 0.4) is 0 Å². The predicted octanol–water partition coefficient (Wildman–Crippen LogP) is 4.84. The van der Waals surface area contributed by atoms with E-state index < -0.39 is 0 Å². The maximum Gasteiger partial charge on any atom is 0.230 e. The van der Waals surface area contributed by atoms with Crippen LogP contribution in [0.15, 0.2) is 46.4 Å². The molecule has 0 atom stereocenters. The lowest BCUT2D eigenvalue weighted by Gasteiger charge is -2.06. The molecule has 0 unspecified atom stereocenters. The van der Waals surface area contributed by atoms with Crippen molar-refractivity contribution in [3.63, 3.8) is 0 Å². The van der Waals surface area contributed by atoms with Crippen LogP contribution in [-0.4, -0.2) is 15.9 Å². The minimum atomic E-state index is -0.0905. The maximum absolute atomic E-state index is 12.2. The molecule has 0 radical (unpaired) electrons. The summed E-state index contributed by atoms with van der Waals surface area (Å²) in [5, 5.41) is 8.66. The lowest BCUT2D eigenvalue weighted by atomic mass is 10.2. The van der Waals surface area contributed by atoms with Gasteiger partial charge in [0.05, 0.1) is 12.1 Å². The van der Waals surface area contributed by atoms with E-state index in [-0.39, 0.29) is 12.3 Å². The standard InChI is InChI=1S/C18H17BrN4OS/c1-11-5-6-20-16(7-11)23-18-22-14(10-25-18)9-17(24)21-13-3-4-15(19)12(2)8-13/h3-8,10H,9H2,1-2H3,(H,21,24)(H,20,22,23). The van der Waals surface area contributed by atoms with E-state index in [0.29, 0.717) is 0 Å². The Hall–Kier alpha value is -2.25. The average molecular weight is 417 g/mol. The summed E-state index contributed by atoms with van der Waals surface area (Å²) < 4.78 is 1.02. The van der Waals surface area contributed by atoms with E-state index in [1.165, 1.54) is 11.3 Å². The zero-order valence-corrected chi connectivity index (χ0v) is 16.2. The molecule has 128 valence electrons. The first-order valence-corrected chi connectivity index (χ1v) is 9.37. The second kappa shape index (κ2) is 7.76. The molecule has 0 saturated heterocycles. The molecule has 2 N–H and O–H groups in total. The third-order valence-corrected chi connectivity index (χ3v) is 5.18. The molecule has 2 heterocycles. The fourth-order valence-electron chi connectivity index (χ4n) is 2.25. The molecule has 0 aliphatic carbocycles. The van der Waals surface area contributed by atoms with Crippen molar-refractivity contribution in [1.29, 1.82) is 0 Å². The van der Waals surface area contributed by atoms with Gasteiger partial charge >= 0.3 is 0 Å². The van der Waals surface area contributed by atoms with E-state index in [1.54, 1.807) is 6.20 Å². The molecular formula is C18H17BrN4OS. The van der Waals surface area contributed by atoms with E-state index >= 15 is 0 Å². The molecule has 3 aromatic rings. The molecule has 1 amide bonds. The van der Waals surface area contributed by atoms with E-state index in [0.717, 1.165) is 37.9 Å². The smallest absolute Gasteiger partial charge is 0.230 e. The summed E-state index contributed by atoms with van der Waals surface area (Å²) in [5.74, 6) is 0.656. The van der Waals surface area contributed by atoms with Crippen molar-refractivity contribution in [3.05, 3.63) is 63.2 Å². The summed E-state index contributed by atoms with van der Waals surface area (Å²) >= 11 is 4.90. The molecule has 0 aliphatic heterocycles. The highest BCUT2D eigenvalue weighted by molar-refractivity contribution is 9.10. The van der Waals surface area contributed by atoms with Gasteiger partial charge in [-0.2, -0.15) is 0 Å². The number of aromatic nitrogens is 2. The van der Waals surface area contributed by atoms with Crippen molar-refractivity contribution in [2.24, 2.45) is 0 Å². The molecule has 0 bridgehead atoms. The number of carbonyl (C=O) groups is 1. The monoisotopic (exact) mass is 416 g/mol. The lowest BCUT2D eigenvalue weighted by molar-refractivity contribution is -0.115. The second-order valence-electron chi connectivity index (χ2n) is 5.68. The van der Waals surface area contributed by atoms with Crippen LogP contribution in [0.1, 0.15) is 16.8 Å². The van der Waals surface area contributed by atoms with Crippen LogP contribution < -0.4 is 10.6 Å². The van der Waals surface area contributed by atoms with E-state index in [9.17, 15) is 4.79 Å². The van der Waals surface area contributed by atoms with Gasteiger partial charge in [0.2, 0.25) is 5.91 Å². The quantitative estimate of drug-likeness (QED) is 0.623. The van der Waals surface area contributed by atoms with Crippen molar-refractivity contribution in [2.75, 3.05) is 10.6 Å². The Morgan fingerprint density at radius 1 is 1.24 bits per heavy atom. The van der Waals surface area contributed by atoms with Gasteiger partial charge in [-0.3, -0.25) is 4.79 Å². The number of hydrogen-bond donors (Lipinski definition) is 2. The molecule has 0 fully saturated rings. The third-order valence-electron chi connectivity index (χ3n) is 3.49. The van der Waals surface area contributed by atoms with Gasteiger partial charge in [-0.25, -0.2) is 9.97 Å². The molecule has 1 aromatic carbocycles. The fraction of sp³-hybridized carbons (Fsp3) is 0.167. The highest BCUT2D eigenvalue weighted by Gasteiger charge is 2.09. The highest BCUT2D eigenvalue weighted by atomic mass is 79.9. The highest BCUT2D eigenvalue weighted by Crippen LogP contribution is 2.22. The molecule has 0 aliphatic rings. The summed E-state index contributed by atoms with van der Waals surface area (Å²) in [6, 6.07) is 9.60. The summed E-state index contributed by atoms with van der Waals surface area (Å²) in [6.45, 7) is 3.99. The van der Waals surface area contributed by atoms with Crippen molar-refractivity contribution in [3.8, 4) is 0 Å². The van der Waals surface area contributed by atoms with Crippen molar-refractivity contribution >= 4 is 49.8 Å². The Kier molecular flexibility index (Phi) is 5.45. The Labute approximate surface area is 158 Å². The topological polar surface area (TPSA) is 66.9 Å². The van der Waals surface area contributed by atoms with Crippen LogP contribution in [0.4, 0.5) is 16.6 Å². The van der Waals surface area contributed by atoms with Gasteiger partial charge in [0.25, 0.3) is 0 Å². The molecule has 25 heavy (non-hydrogen) atoms. The normalized spacial score (nSPS) is 10.5. The largest absolute Gasteiger partial charge is 0.326 e. The van der Waals surface area contributed by atoms with Gasteiger partial charge in [-0.1, -0.05) is 15.9 Å². The first kappa shape index (κ1) is 17.6. The lowest BCUT2D eigenvalue weighted by Crippen LogP contribution is -2.14. The molecule has 0 saturated carbocycles. The Bertz CT molecular complexity index is 910. The van der Waals surface area contributed by atoms with Gasteiger partial charge in [-0.15, -0.1) is 11.3 Å². The molecular weight excluding hydrogens is 400 g/mol. The molecule has 2 aromatic heterocycles. The Balaban J connectivity index is 1.60. The Morgan fingerprint density at radius 2 is 2.08 bits per heavy atom. The number of rotatable bonds is 5. The number of nitrogens with zero attached hydrogens (tertiary/aromatic N) is 2. The third kappa shape index (κ3) is 4.87. The average Bonchev–Trinajstić information content (AvgIpc) is 2.98. The fourth-order valence-corrected chi connectivity index (χ4v) is 3.22. The number of benzene rings is 1.